The molecule has 0 unspecified atom stereocenters. The third-order valence-electron chi connectivity index (χ3n) is 2.55. The van der Waals surface area contributed by atoms with Gasteiger partial charge in [-0.15, -0.1) is 0 Å². The van der Waals surface area contributed by atoms with E-state index in [1.165, 1.54) is 0 Å². The average Bonchev–Trinajstić information content (AvgIpc) is 2.37. The summed E-state index contributed by atoms with van der Waals surface area (Å²) in [5, 5.41) is 1.16. The molecule has 2 aromatic carbocycles. The zero-order valence-corrected chi connectivity index (χ0v) is 12.4. The van der Waals surface area contributed by atoms with Gasteiger partial charge in [-0.2, -0.15) is 4.99 Å². The molecular formula is C14H13Cl2N5. The third-order valence-corrected chi connectivity index (χ3v) is 2.99. The molecule has 5 nitrogen and oxygen atoms in total. The maximum Gasteiger partial charge on any atom is 0.223 e. The van der Waals surface area contributed by atoms with Crippen LogP contribution in [-0.2, 0) is 0 Å². The maximum atomic E-state index is 5.99. The van der Waals surface area contributed by atoms with Crippen molar-refractivity contribution in [1.29, 1.82) is 0 Å². The summed E-state index contributed by atoms with van der Waals surface area (Å²) in [7, 11) is 0. The first-order valence-corrected chi connectivity index (χ1v) is 6.70. The molecule has 108 valence electrons. The fourth-order valence-corrected chi connectivity index (χ4v) is 2.26. The summed E-state index contributed by atoms with van der Waals surface area (Å²) in [5.74, 6) is -0.144. The molecule has 2 aromatic rings. The lowest BCUT2D eigenvalue weighted by atomic mass is 10.1. The Bertz CT molecular complexity index is 684. The van der Waals surface area contributed by atoms with E-state index in [1.807, 2.05) is 24.3 Å². The normalized spacial score (nSPS) is 11.2. The summed E-state index contributed by atoms with van der Waals surface area (Å²) >= 11 is 12.0. The molecule has 0 aliphatic rings. The molecule has 0 fully saturated rings. The summed E-state index contributed by atoms with van der Waals surface area (Å²) in [6, 6.07) is 12.7. The van der Waals surface area contributed by atoms with Crippen LogP contribution in [0.3, 0.4) is 0 Å². The molecule has 0 heterocycles. The highest BCUT2D eigenvalue weighted by molar-refractivity contribution is 6.35. The maximum absolute atomic E-state index is 5.99. The lowest BCUT2D eigenvalue weighted by Crippen LogP contribution is -2.26. The molecule has 0 saturated carbocycles. The number of halogens is 2. The van der Waals surface area contributed by atoms with E-state index < -0.39 is 0 Å². The Morgan fingerprint density at radius 2 is 1.38 bits per heavy atom. The van der Waals surface area contributed by atoms with Crippen molar-refractivity contribution in [2.45, 2.75) is 0 Å². The Kier molecular flexibility index (Phi) is 4.67. The predicted octanol–water partition coefficient (Wildman–Crippen LogP) is 2.88. The van der Waals surface area contributed by atoms with E-state index in [-0.39, 0.29) is 11.9 Å². The summed E-state index contributed by atoms with van der Waals surface area (Å²) in [4.78, 5) is 7.71. The number of benzene rings is 2. The zero-order valence-electron chi connectivity index (χ0n) is 10.9. The van der Waals surface area contributed by atoms with E-state index in [4.69, 9.17) is 40.4 Å². The number of hydrogen-bond acceptors (Lipinski definition) is 1. The Labute approximate surface area is 132 Å². The van der Waals surface area contributed by atoms with Crippen molar-refractivity contribution < 1.29 is 0 Å². The second-order valence-corrected chi connectivity index (χ2v) is 5.08. The van der Waals surface area contributed by atoms with Crippen LogP contribution in [0.25, 0.3) is 11.1 Å². The Morgan fingerprint density at radius 3 is 1.90 bits per heavy atom. The van der Waals surface area contributed by atoms with Gasteiger partial charge in [0, 0.05) is 10.0 Å². The smallest absolute Gasteiger partial charge is 0.223 e. The molecule has 0 radical (unpaired) electrons. The topological polar surface area (TPSA) is 103 Å². The fourth-order valence-electron chi connectivity index (χ4n) is 1.74. The predicted molar refractivity (Wildman–Crippen MR) is 89.0 cm³/mol. The Morgan fingerprint density at radius 1 is 0.810 bits per heavy atom. The molecule has 0 atom stereocenters. The number of nitrogens with zero attached hydrogens (tertiary/aromatic N) is 2. The first-order chi connectivity index (χ1) is 9.94. The molecule has 21 heavy (non-hydrogen) atoms. The van der Waals surface area contributed by atoms with Gasteiger partial charge < -0.3 is 17.2 Å². The first kappa shape index (κ1) is 15.2. The second kappa shape index (κ2) is 6.47. The number of nitrogens with two attached hydrogens (primary N) is 3. The van der Waals surface area contributed by atoms with Crippen LogP contribution in [0.15, 0.2) is 52.4 Å². The highest BCUT2D eigenvalue weighted by Crippen LogP contribution is 2.28. The van der Waals surface area contributed by atoms with Gasteiger partial charge in [0.1, 0.15) is 0 Å². The largest absolute Gasteiger partial charge is 0.370 e. The molecule has 0 aliphatic carbocycles. The average molecular weight is 322 g/mol. The van der Waals surface area contributed by atoms with Gasteiger partial charge in [-0.05, 0) is 41.5 Å². The van der Waals surface area contributed by atoms with E-state index >= 15 is 0 Å². The van der Waals surface area contributed by atoms with E-state index in [2.05, 4.69) is 9.98 Å². The summed E-state index contributed by atoms with van der Waals surface area (Å²) in [6.45, 7) is 0. The summed E-state index contributed by atoms with van der Waals surface area (Å²) in [5.41, 5.74) is 18.5. The van der Waals surface area contributed by atoms with Crippen LogP contribution < -0.4 is 17.2 Å². The fraction of sp³-hybridized carbons (Fsp3) is 0. The SMILES string of the molecule is NC(N)=NC(N)=Nc1ccc(-c2cc(Cl)cc(Cl)c2)cc1. The van der Waals surface area contributed by atoms with Crippen molar-refractivity contribution in [3.63, 3.8) is 0 Å². The monoisotopic (exact) mass is 321 g/mol. The van der Waals surface area contributed by atoms with E-state index in [0.717, 1.165) is 11.1 Å². The number of guanidine groups is 2. The second-order valence-electron chi connectivity index (χ2n) is 4.21. The minimum absolute atomic E-state index is 0.00597. The molecule has 0 spiro atoms. The van der Waals surface area contributed by atoms with Crippen LogP contribution in [0, 0.1) is 0 Å². The van der Waals surface area contributed by atoms with Crippen molar-refractivity contribution >= 4 is 40.8 Å². The molecule has 0 saturated heterocycles. The minimum atomic E-state index is -0.138. The Hall–Kier alpha value is -2.24. The van der Waals surface area contributed by atoms with Crippen LogP contribution in [0.2, 0.25) is 10.0 Å². The molecule has 0 amide bonds. The molecule has 0 bridgehead atoms. The van der Waals surface area contributed by atoms with E-state index in [9.17, 15) is 0 Å². The van der Waals surface area contributed by atoms with Crippen molar-refractivity contribution in [2.75, 3.05) is 0 Å². The first-order valence-electron chi connectivity index (χ1n) is 5.94. The highest BCUT2D eigenvalue weighted by atomic mass is 35.5. The van der Waals surface area contributed by atoms with Crippen molar-refractivity contribution in [1.82, 2.24) is 0 Å². The lowest BCUT2D eigenvalue weighted by Gasteiger charge is -2.04. The number of hydrogen-bond donors (Lipinski definition) is 3. The van der Waals surface area contributed by atoms with Gasteiger partial charge in [0.2, 0.25) is 5.96 Å². The van der Waals surface area contributed by atoms with Crippen LogP contribution in [0.4, 0.5) is 5.69 Å². The van der Waals surface area contributed by atoms with Crippen LogP contribution in [-0.4, -0.2) is 11.9 Å². The molecule has 7 heteroatoms. The molecule has 2 rings (SSSR count). The lowest BCUT2D eigenvalue weighted by molar-refractivity contribution is 1.38. The highest BCUT2D eigenvalue weighted by Gasteiger charge is 2.02. The quantitative estimate of drug-likeness (QED) is 0.585. The number of aliphatic imine (C=N–C) groups is 2. The minimum Gasteiger partial charge on any atom is -0.370 e. The van der Waals surface area contributed by atoms with Crippen LogP contribution >= 0.6 is 23.2 Å². The van der Waals surface area contributed by atoms with E-state index in [1.54, 1.807) is 18.2 Å². The van der Waals surface area contributed by atoms with Gasteiger partial charge in [-0.25, -0.2) is 4.99 Å². The number of rotatable bonds is 2. The van der Waals surface area contributed by atoms with Gasteiger partial charge in [0.05, 0.1) is 5.69 Å². The summed E-state index contributed by atoms with van der Waals surface area (Å²) in [6.07, 6.45) is 0. The van der Waals surface area contributed by atoms with Gasteiger partial charge in [0.15, 0.2) is 5.96 Å². The Balaban J connectivity index is 2.29. The molecule has 6 N–H and O–H groups in total. The van der Waals surface area contributed by atoms with Crippen LogP contribution in [0.5, 0.6) is 0 Å². The summed E-state index contributed by atoms with van der Waals surface area (Å²) < 4.78 is 0. The molecular weight excluding hydrogens is 309 g/mol. The van der Waals surface area contributed by atoms with Gasteiger partial charge in [-0.3, -0.25) is 0 Å². The standard InChI is InChI=1S/C14H13Cl2N5/c15-10-5-9(6-11(16)7-10)8-1-3-12(4-2-8)20-14(19)21-13(17)18/h1-7H,(H6,17,18,19,20,21). The van der Waals surface area contributed by atoms with Gasteiger partial charge in [0.25, 0.3) is 0 Å². The van der Waals surface area contributed by atoms with Crippen molar-refractivity contribution in [3.05, 3.63) is 52.5 Å². The third kappa shape index (κ3) is 4.37. The van der Waals surface area contributed by atoms with Crippen molar-refractivity contribution in [3.8, 4) is 11.1 Å². The van der Waals surface area contributed by atoms with Crippen LogP contribution in [0.1, 0.15) is 0 Å². The molecule has 0 aromatic heterocycles. The molecule has 0 aliphatic heterocycles. The van der Waals surface area contributed by atoms with Gasteiger partial charge in [-0.1, -0.05) is 35.3 Å². The van der Waals surface area contributed by atoms with E-state index in [0.29, 0.717) is 15.7 Å². The van der Waals surface area contributed by atoms with Gasteiger partial charge >= 0.3 is 0 Å². The zero-order chi connectivity index (χ0) is 15.4. The van der Waals surface area contributed by atoms with Crippen molar-refractivity contribution in [2.24, 2.45) is 27.2 Å².